The highest BCUT2D eigenvalue weighted by Gasteiger charge is 2.09. The summed E-state index contributed by atoms with van der Waals surface area (Å²) in [6.45, 7) is 3.74. The van der Waals surface area contributed by atoms with Crippen LogP contribution in [-0.2, 0) is 4.79 Å². The van der Waals surface area contributed by atoms with Gasteiger partial charge >= 0.3 is 0 Å². The molecule has 0 radical (unpaired) electrons. The Balaban J connectivity index is 2.69. The van der Waals surface area contributed by atoms with Crippen LogP contribution in [0.2, 0.25) is 0 Å². The third-order valence-corrected chi connectivity index (χ3v) is 2.04. The maximum Gasteiger partial charge on any atom is 0.267 e. The van der Waals surface area contributed by atoms with Crippen molar-refractivity contribution in [2.45, 2.75) is 19.9 Å². The van der Waals surface area contributed by atoms with Crippen LogP contribution in [0.1, 0.15) is 24.3 Å². The highest BCUT2D eigenvalue weighted by Crippen LogP contribution is 2.14. The van der Waals surface area contributed by atoms with Crippen LogP contribution in [0.15, 0.2) is 12.1 Å². The lowest BCUT2D eigenvalue weighted by Crippen LogP contribution is -2.35. The number of carbonyl (C=O) groups excluding carboxylic acids is 2. The number of anilines is 2. The lowest BCUT2D eigenvalue weighted by molar-refractivity contribution is -0.119. The summed E-state index contributed by atoms with van der Waals surface area (Å²) in [6.07, 6.45) is 0. The van der Waals surface area contributed by atoms with Crippen LogP contribution < -0.4 is 22.1 Å². The van der Waals surface area contributed by atoms with Gasteiger partial charge in [0.1, 0.15) is 5.69 Å². The van der Waals surface area contributed by atoms with E-state index >= 15 is 0 Å². The molecule has 0 aromatic carbocycles. The molecule has 1 aromatic heterocycles. The molecule has 0 aliphatic carbocycles. The SMILES string of the molecule is CC(C)NC(=O)CNc1nc(C(N)=O)ccc1N. The fraction of sp³-hybridized carbons (Fsp3) is 0.364. The first-order valence-corrected chi connectivity index (χ1v) is 5.49. The van der Waals surface area contributed by atoms with Crippen LogP contribution >= 0.6 is 0 Å². The minimum absolute atomic E-state index is 0.0254. The van der Waals surface area contributed by atoms with Crippen molar-refractivity contribution in [2.75, 3.05) is 17.6 Å². The number of rotatable bonds is 5. The van der Waals surface area contributed by atoms with Crippen LogP contribution in [0.25, 0.3) is 0 Å². The van der Waals surface area contributed by atoms with E-state index in [4.69, 9.17) is 11.5 Å². The molecule has 98 valence electrons. The van der Waals surface area contributed by atoms with Crippen LogP contribution in [0.4, 0.5) is 11.5 Å². The number of nitrogen functional groups attached to an aromatic ring is 1. The number of nitrogens with one attached hydrogen (secondary N) is 2. The molecule has 0 atom stereocenters. The molecule has 6 N–H and O–H groups in total. The van der Waals surface area contributed by atoms with E-state index < -0.39 is 5.91 Å². The molecule has 2 amide bonds. The molecule has 7 nitrogen and oxygen atoms in total. The van der Waals surface area contributed by atoms with Crippen molar-refractivity contribution in [3.05, 3.63) is 17.8 Å². The van der Waals surface area contributed by atoms with Gasteiger partial charge in [-0.1, -0.05) is 0 Å². The van der Waals surface area contributed by atoms with Gasteiger partial charge in [-0.15, -0.1) is 0 Å². The van der Waals surface area contributed by atoms with E-state index in [9.17, 15) is 9.59 Å². The molecule has 1 heterocycles. The summed E-state index contributed by atoms with van der Waals surface area (Å²) in [5.74, 6) is -0.564. The number of primary amides is 1. The Morgan fingerprint density at radius 2 is 2.06 bits per heavy atom. The van der Waals surface area contributed by atoms with Crippen molar-refractivity contribution in [3.8, 4) is 0 Å². The molecule has 7 heteroatoms. The monoisotopic (exact) mass is 251 g/mol. The maximum absolute atomic E-state index is 11.4. The van der Waals surface area contributed by atoms with Crippen molar-refractivity contribution in [2.24, 2.45) is 5.73 Å². The molecule has 0 aliphatic heterocycles. The van der Waals surface area contributed by atoms with Gasteiger partial charge in [0, 0.05) is 6.04 Å². The molecular weight excluding hydrogens is 234 g/mol. The largest absolute Gasteiger partial charge is 0.396 e. The van der Waals surface area contributed by atoms with Gasteiger partial charge in [-0.2, -0.15) is 0 Å². The predicted molar refractivity (Wildman–Crippen MR) is 68.9 cm³/mol. The standard InChI is InChI=1S/C11H17N5O2/c1-6(2)15-9(17)5-14-11-7(12)3-4-8(16-11)10(13)18/h3-4,6H,5,12H2,1-2H3,(H2,13,18)(H,14,16)(H,15,17). The van der Waals surface area contributed by atoms with E-state index in [1.54, 1.807) is 0 Å². The number of pyridine rings is 1. The van der Waals surface area contributed by atoms with Crippen molar-refractivity contribution < 1.29 is 9.59 Å². The number of nitrogens with two attached hydrogens (primary N) is 2. The average molecular weight is 251 g/mol. The number of hydrogen-bond acceptors (Lipinski definition) is 5. The Bertz CT molecular complexity index is 459. The van der Waals surface area contributed by atoms with Gasteiger partial charge in [-0.05, 0) is 26.0 Å². The number of carbonyl (C=O) groups is 2. The number of amides is 2. The Morgan fingerprint density at radius 3 is 2.61 bits per heavy atom. The Kier molecular flexibility index (Phi) is 4.47. The van der Waals surface area contributed by atoms with E-state index in [0.29, 0.717) is 5.69 Å². The van der Waals surface area contributed by atoms with E-state index in [2.05, 4.69) is 15.6 Å². The summed E-state index contributed by atoms with van der Waals surface area (Å²) in [4.78, 5) is 26.3. The van der Waals surface area contributed by atoms with Crippen LogP contribution in [0.3, 0.4) is 0 Å². The highest BCUT2D eigenvalue weighted by atomic mass is 16.2. The molecule has 1 rings (SSSR count). The molecule has 0 unspecified atom stereocenters. The van der Waals surface area contributed by atoms with Gasteiger partial charge in [-0.3, -0.25) is 9.59 Å². The second-order valence-electron chi connectivity index (χ2n) is 4.07. The summed E-state index contributed by atoms with van der Waals surface area (Å²) in [5, 5.41) is 5.47. The maximum atomic E-state index is 11.4. The van der Waals surface area contributed by atoms with Crippen LogP contribution in [0.5, 0.6) is 0 Å². The van der Waals surface area contributed by atoms with Crippen molar-refractivity contribution in [1.82, 2.24) is 10.3 Å². The quantitative estimate of drug-likeness (QED) is 0.572. The van der Waals surface area contributed by atoms with E-state index in [0.717, 1.165) is 0 Å². The van der Waals surface area contributed by atoms with Gasteiger partial charge in [0.15, 0.2) is 5.82 Å². The molecule has 0 saturated heterocycles. The molecule has 0 saturated carbocycles. The van der Waals surface area contributed by atoms with Crippen LogP contribution in [0, 0.1) is 0 Å². The Hall–Kier alpha value is -2.31. The first-order chi connectivity index (χ1) is 8.40. The molecule has 0 bridgehead atoms. The summed E-state index contributed by atoms with van der Waals surface area (Å²) in [7, 11) is 0. The second-order valence-corrected chi connectivity index (χ2v) is 4.07. The minimum Gasteiger partial charge on any atom is -0.396 e. The lowest BCUT2D eigenvalue weighted by atomic mass is 10.3. The molecule has 0 aliphatic rings. The van der Waals surface area contributed by atoms with Gasteiger partial charge in [0.25, 0.3) is 5.91 Å². The van der Waals surface area contributed by atoms with Crippen molar-refractivity contribution >= 4 is 23.3 Å². The fourth-order valence-corrected chi connectivity index (χ4v) is 1.29. The Labute approximate surface area is 105 Å². The first-order valence-electron chi connectivity index (χ1n) is 5.49. The molecule has 1 aromatic rings. The van der Waals surface area contributed by atoms with Gasteiger partial charge < -0.3 is 22.1 Å². The smallest absolute Gasteiger partial charge is 0.267 e. The third kappa shape index (κ3) is 3.93. The van der Waals surface area contributed by atoms with Crippen LogP contribution in [-0.4, -0.2) is 29.4 Å². The number of nitrogens with zero attached hydrogens (tertiary/aromatic N) is 1. The van der Waals surface area contributed by atoms with Gasteiger partial charge in [0.05, 0.1) is 12.2 Å². The van der Waals surface area contributed by atoms with Crippen molar-refractivity contribution in [3.63, 3.8) is 0 Å². The first kappa shape index (κ1) is 13.8. The van der Waals surface area contributed by atoms with Gasteiger partial charge in [0.2, 0.25) is 5.91 Å². The normalized spacial score (nSPS) is 10.2. The molecule has 0 fully saturated rings. The summed E-state index contributed by atoms with van der Waals surface area (Å²) < 4.78 is 0. The van der Waals surface area contributed by atoms with E-state index in [1.807, 2.05) is 13.8 Å². The van der Waals surface area contributed by atoms with Crippen molar-refractivity contribution in [1.29, 1.82) is 0 Å². The molecule has 0 spiro atoms. The fourth-order valence-electron chi connectivity index (χ4n) is 1.29. The van der Waals surface area contributed by atoms with E-state index in [-0.39, 0.29) is 30.0 Å². The lowest BCUT2D eigenvalue weighted by Gasteiger charge is -2.11. The zero-order chi connectivity index (χ0) is 13.7. The zero-order valence-corrected chi connectivity index (χ0v) is 10.4. The molecule has 18 heavy (non-hydrogen) atoms. The summed E-state index contributed by atoms with van der Waals surface area (Å²) in [6, 6.07) is 2.99. The highest BCUT2D eigenvalue weighted by molar-refractivity contribution is 5.92. The second kappa shape index (κ2) is 5.85. The number of aromatic nitrogens is 1. The topological polar surface area (TPSA) is 123 Å². The average Bonchev–Trinajstić information content (AvgIpc) is 2.26. The summed E-state index contributed by atoms with van der Waals surface area (Å²) in [5.41, 5.74) is 11.2. The third-order valence-electron chi connectivity index (χ3n) is 2.04. The number of hydrogen-bond donors (Lipinski definition) is 4. The Morgan fingerprint density at radius 1 is 1.39 bits per heavy atom. The summed E-state index contributed by atoms with van der Waals surface area (Å²) >= 11 is 0. The van der Waals surface area contributed by atoms with E-state index in [1.165, 1.54) is 12.1 Å². The molecular formula is C11H17N5O2. The predicted octanol–water partition coefficient (Wildman–Crippen LogP) is -0.301. The zero-order valence-electron chi connectivity index (χ0n) is 10.4. The minimum atomic E-state index is -0.648. The van der Waals surface area contributed by atoms with Gasteiger partial charge in [-0.25, -0.2) is 4.98 Å².